The fourth-order valence-electron chi connectivity index (χ4n) is 2.87. The van der Waals surface area contributed by atoms with E-state index in [9.17, 15) is 9.18 Å². The van der Waals surface area contributed by atoms with E-state index in [-0.39, 0.29) is 24.2 Å². The molecule has 5 heteroatoms. The van der Waals surface area contributed by atoms with Crippen LogP contribution in [-0.2, 0) is 11.2 Å². The number of hydrogen-bond acceptors (Lipinski definition) is 3. The van der Waals surface area contributed by atoms with Crippen LogP contribution < -0.4 is 10.1 Å². The minimum atomic E-state index is -0.288. The van der Waals surface area contributed by atoms with E-state index in [1.807, 2.05) is 44.2 Å². The molecule has 0 aliphatic rings. The van der Waals surface area contributed by atoms with Crippen LogP contribution in [0.15, 0.2) is 52.9 Å². The summed E-state index contributed by atoms with van der Waals surface area (Å²) in [6.07, 6.45) is 0.781. The molecule has 1 heterocycles. The molecule has 0 aliphatic heterocycles. The van der Waals surface area contributed by atoms with Crippen LogP contribution in [0.4, 0.5) is 4.39 Å². The quantitative estimate of drug-likeness (QED) is 0.663. The monoisotopic (exact) mass is 355 g/mol. The molecule has 136 valence electrons. The van der Waals surface area contributed by atoms with Gasteiger partial charge in [0.2, 0.25) is 5.91 Å². The number of carbonyl (C=O) groups is 1. The van der Waals surface area contributed by atoms with Gasteiger partial charge >= 0.3 is 0 Å². The van der Waals surface area contributed by atoms with Crippen molar-refractivity contribution in [2.75, 3.05) is 6.61 Å². The van der Waals surface area contributed by atoms with E-state index in [2.05, 4.69) is 5.32 Å². The summed E-state index contributed by atoms with van der Waals surface area (Å²) in [7, 11) is 0. The average Bonchev–Trinajstić information content (AvgIpc) is 3.06. The third-order valence-electron chi connectivity index (χ3n) is 4.16. The van der Waals surface area contributed by atoms with Crippen LogP contribution in [0.1, 0.15) is 37.6 Å². The van der Waals surface area contributed by atoms with Gasteiger partial charge in [0.15, 0.2) is 11.3 Å². The Labute approximate surface area is 152 Å². The lowest BCUT2D eigenvalue weighted by molar-refractivity contribution is -0.121. The summed E-state index contributed by atoms with van der Waals surface area (Å²) in [5.74, 6) is 0.975. The number of furan rings is 1. The largest absolute Gasteiger partial charge is 0.490 e. The number of benzene rings is 2. The first kappa shape index (κ1) is 18.0. The normalized spacial score (nSPS) is 12.1. The van der Waals surface area contributed by atoms with Crippen molar-refractivity contribution in [3.63, 3.8) is 0 Å². The summed E-state index contributed by atoms with van der Waals surface area (Å²) < 4.78 is 24.7. The van der Waals surface area contributed by atoms with Crippen molar-refractivity contribution in [1.29, 1.82) is 0 Å². The lowest BCUT2D eigenvalue weighted by atomic mass is 10.1. The molecule has 0 radical (unpaired) electrons. The Morgan fingerprint density at radius 2 is 2.04 bits per heavy atom. The molecule has 1 amide bonds. The van der Waals surface area contributed by atoms with E-state index in [1.54, 1.807) is 6.07 Å². The van der Waals surface area contributed by atoms with Gasteiger partial charge in [0, 0.05) is 11.8 Å². The molecule has 1 atom stereocenters. The molecule has 1 N–H and O–H groups in total. The van der Waals surface area contributed by atoms with Gasteiger partial charge in [0.25, 0.3) is 0 Å². The molecule has 0 fully saturated rings. The zero-order valence-corrected chi connectivity index (χ0v) is 14.9. The van der Waals surface area contributed by atoms with Gasteiger partial charge in [-0.25, -0.2) is 4.39 Å². The first-order chi connectivity index (χ1) is 12.6. The number of nitrogens with one attached hydrogen (secondary N) is 1. The minimum absolute atomic E-state index is 0.104. The van der Waals surface area contributed by atoms with Crippen LogP contribution in [0.3, 0.4) is 0 Å². The van der Waals surface area contributed by atoms with Gasteiger partial charge < -0.3 is 14.5 Å². The van der Waals surface area contributed by atoms with Crippen molar-refractivity contribution in [3.8, 4) is 5.75 Å². The predicted octanol–water partition coefficient (Wildman–Crippen LogP) is 4.78. The molecule has 0 spiro atoms. The second kappa shape index (κ2) is 8.04. The van der Waals surface area contributed by atoms with Gasteiger partial charge in [-0.05, 0) is 50.1 Å². The molecule has 3 rings (SSSR count). The SMILES string of the molecule is CCOc1cccc2cc(C(C)NC(=O)CCc3cccc(F)c3)oc12. The van der Waals surface area contributed by atoms with Crippen molar-refractivity contribution < 1.29 is 18.3 Å². The van der Waals surface area contributed by atoms with Crippen LogP contribution in [0, 0.1) is 5.82 Å². The molecule has 2 aromatic carbocycles. The summed E-state index contributed by atoms with van der Waals surface area (Å²) in [6, 6.07) is 13.7. The first-order valence-corrected chi connectivity index (χ1v) is 8.76. The molecule has 4 nitrogen and oxygen atoms in total. The molecular weight excluding hydrogens is 333 g/mol. The summed E-state index contributed by atoms with van der Waals surface area (Å²) in [5.41, 5.74) is 1.49. The molecule has 1 aromatic heterocycles. The number of aryl methyl sites for hydroxylation is 1. The predicted molar refractivity (Wildman–Crippen MR) is 98.7 cm³/mol. The molecule has 3 aromatic rings. The van der Waals surface area contributed by atoms with Crippen LogP contribution >= 0.6 is 0 Å². The van der Waals surface area contributed by atoms with Crippen LogP contribution in [0.25, 0.3) is 11.0 Å². The van der Waals surface area contributed by atoms with Crippen molar-refractivity contribution >= 4 is 16.9 Å². The summed E-state index contributed by atoms with van der Waals surface area (Å²) in [4.78, 5) is 12.2. The minimum Gasteiger partial charge on any atom is -0.490 e. The van der Waals surface area contributed by atoms with Crippen molar-refractivity contribution in [1.82, 2.24) is 5.32 Å². The van der Waals surface area contributed by atoms with E-state index in [0.717, 1.165) is 10.9 Å². The Kier molecular flexibility index (Phi) is 5.56. The Hall–Kier alpha value is -2.82. The zero-order valence-electron chi connectivity index (χ0n) is 14.9. The number of fused-ring (bicyclic) bond motifs is 1. The number of rotatable bonds is 7. The highest BCUT2D eigenvalue weighted by Gasteiger charge is 2.16. The number of carbonyl (C=O) groups excluding carboxylic acids is 1. The Morgan fingerprint density at radius 1 is 1.23 bits per heavy atom. The highest BCUT2D eigenvalue weighted by molar-refractivity contribution is 5.84. The highest BCUT2D eigenvalue weighted by Crippen LogP contribution is 2.31. The molecule has 1 unspecified atom stereocenters. The van der Waals surface area contributed by atoms with E-state index in [4.69, 9.17) is 9.15 Å². The summed E-state index contributed by atoms with van der Waals surface area (Å²) in [5, 5.41) is 3.86. The lowest BCUT2D eigenvalue weighted by Gasteiger charge is -2.11. The topological polar surface area (TPSA) is 51.5 Å². The maximum Gasteiger partial charge on any atom is 0.220 e. The van der Waals surface area contributed by atoms with Gasteiger partial charge in [-0.2, -0.15) is 0 Å². The average molecular weight is 355 g/mol. The second-order valence-electron chi connectivity index (χ2n) is 6.18. The zero-order chi connectivity index (χ0) is 18.5. The standard InChI is InChI=1S/C21H22FNO3/c1-3-25-18-9-5-7-16-13-19(26-21(16)18)14(2)23-20(24)11-10-15-6-4-8-17(22)12-15/h4-9,12-14H,3,10-11H2,1-2H3,(H,23,24). The number of halogens is 1. The summed E-state index contributed by atoms with van der Waals surface area (Å²) in [6.45, 7) is 4.35. The molecule has 0 bridgehead atoms. The molecule has 0 saturated heterocycles. The third kappa shape index (κ3) is 4.23. The van der Waals surface area contributed by atoms with E-state index in [0.29, 0.717) is 30.1 Å². The molecule has 0 saturated carbocycles. The Bertz CT molecular complexity index is 903. The van der Waals surface area contributed by atoms with Gasteiger partial charge in [0.1, 0.15) is 11.6 Å². The van der Waals surface area contributed by atoms with Crippen LogP contribution in [0.5, 0.6) is 5.75 Å². The Morgan fingerprint density at radius 3 is 2.81 bits per heavy atom. The fraction of sp³-hybridized carbons (Fsp3) is 0.286. The maximum absolute atomic E-state index is 13.2. The fourth-order valence-corrected chi connectivity index (χ4v) is 2.87. The van der Waals surface area contributed by atoms with Crippen molar-refractivity contribution in [2.24, 2.45) is 0 Å². The van der Waals surface area contributed by atoms with E-state index < -0.39 is 0 Å². The highest BCUT2D eigenvalue weighted by atomic mass is 19.1. The molecule has 0 aliphatic carbocycles. The van der Waals surface area contributed by atoms with Gasteiger partial charge in [0.05, 0.1) is 12.6 Å². The number of hydrogen-bond donors (Lipinski definition) is 1. The first-order valence-electron chi connectivity index (χ1n) is 8.76. The molecule has 26 heavy (non-hydrogen) atoms. The van der Waals surface area contributed by atoms with E-state index in [1.165, 1.54) is 12.1 Å². The third-order valence-corrected chi connectivity index (χ3v) is 4.16. The smallest absolute Gasteiger partial charge is 0.220 e. The maximum atomic E-state index is 13.2. The number of amides is 1. The number of para-hydroxylation sites is 1. The summed E-state index contributed by atoms with van der Waals surface area (Å²) >= 11 is 0. The van der Waals surface area contributed by atoms with Gasteiger partial charge in [-0.3, -0.25) is 4.79 Å². The second-order valence-corrected chi connectivity index (χ2v) is 6.18. The lowest BCUT2D eigenvalue weighted by Crippen LogP contribution is -2.26. The van der Waals surface area contributed by atoms with Crippen molar-refractivity contribution in [3.05, 3.63) is 65.7 Å². The van der Waals surface area contributed by atoms with Crippen molar-refractivity contribution in [2.45, 2.75) is 32.7 Å². The van der Waals surface area contributed by atoms with Crippen LogP contribution in [0.2, 0.25) is 0 Å². The van der Waals surface area contributed by atoms with E-state index >= 15 is 0 Å². The van der Waals surface area contributed by atoms with Gasteiger partial charge in [-0.1, -0.05) is 24.3 Å². The van der Waals surface area contributed by atoms with Gasteiger partial charge in [-0.15, -0.1) is 0 Å². The van der Waals surface area contributed by atoms with Crippen LogP contribution in [-0.4, -0.2) is 12.5 Å². The number of ether oxygens (including phenoxy) is 1. The Balaban J connectivity index is 1.63. The molecular formula is C21H22FNO3.